The molecule has 2 amide bonds. The third-order valence-electron chi connectivity index (χ3n) is 4.91. The van der Waals surface area contributed by atoms with E-state index < -0.39 is 5.92 Å². The first-order valence-electron chi connectivity index (χ1n) is 9.23. The van der Waals surface area contributed by atoms with Crippen molar-refractivity contribution in [2.24, 2.45) is 4.99 Å². The van der Waals surface area contributed by atoms with Crippen LogP contribution in [0.3, 0.4) is 0 Å². The Balaban J connectivity index is 1.71. The Morgan fingerprint density at radius 3 is 2.48 bits per heavy atom. The van der Waals surface area contributed by atoms with Crippen molar-refractivity contribution >= 4 is 35.4 Å². The van der Waals surface area contributed by atoms with Crippen LogP contribution in [0.25, 0.3) is 0 Å². The smallest absolute Gasteiger partial charge is 0.266 e. The average Bonchev–Trinajstić information content (AvgIpc) is 2.75. The van der Waals surface area contributed by atoms with Gasteiger partial charge < -0.3 is 0 Å². The molecule has 2 heterocycles. The number of rotatable bonds is 4. The maximum atomic E-state index is 13.2. The van der Waals surface area contributed by atoms with Gasteiger partial charge in [-0.2, -0.15) is 0 Å². The predicted octanol–water partition coefficient (Wildman–Crippen LogP) is 4.84. The molecule has 1 unspecified atom stereocenters. The molecule has 2 atom stereocenters. The van der Waals surface area contributed by atoms with E-state index in [-0.39, 0.29) is 17.9 Å². The summed E-state index contributed by atoms with van der Waals surface area (Å²) in [6.07, 6.45) is 3.19. The van der Waals surface area contributed by atoms with Crippen LogP contribution in [0.2, 0.25) is 5.02 Å². The second-order valence-corrected chi connectivity index (χ2v) is 7.19. The number of fused-ring (bicyclic) bond motifs is 1. The molecule has 3 aromatic rings. The van der Waals surface area contributed by atoms with Crippen molar-refractivity contribution in [3.63, 3.8) is 0 Å². The fraction of sp³-hybridized carbons (Fsp3) is 0.130. The van der Waals surface area contributed by atoms with Gasteiger partial charge in [-0.3, -0.25) is 14.6 Å². The van der Waals surface area contributed by atoms with E-state index in [2.05, 4.69) is 9.98 Å². The zero-order valence-corrected chi connectivity index (χ0v) is 16.5. The Bertz CT molecular complexity index is 1080. The normalized spacial score (nSPS) is 17.4. The van der Waals surface area contributed by atoms with Crippen LogP contribution in [0.1, 0.15) is 40.4 Å². The third kappa shape index (κ3) is 3.69. The molecule has 5 nitrogen and oxygen atoms in total. The minimum atomic E-state index is -0.666. The lowest BCUT2D eigenvalue weighted by Crippen LogP contribution is -2.46. The summed E-state index contributed by atoms with van der Waals surface area (Å²) >= 11 is 5.95. The number of halogens is 1. The molecule has 2 aromatic carbocycles. The minimum Gasteiger partial charge on any atom is -0.289 e. The monoisotopic (exact) mass is 403 g/mol. The van der Waals surface area contributed by atoms with Crippen molar-refractivity contribution in [1.82, 2.24) is 4.98 Å². The Morgan fingerprint density at radius 1 is 1.03 bits per heavy atom. The van der Waals surface area contributed by atoms with E-state index in [0.717, 1.165) is 10.5 Å². The van der Waals surface area contributed by atoms with Crippen LogP contribution in [0.5, 0.6) is 0 Å². The zero-order valence-electron chi connectivity index (χ0n) is 15.7. The van der Waals surface area contributed by atoms with E-state index in [1.165, 1.54) is 0 Å². The number of aliphatic imine (C=N–C) groups is 1. The molecule has 0 radical (unpaired) electrons. The van der Waals surface area contributed by atoms with Gasteiger partial charge in [-0.25, -0.2) is 9.88 Å². The summed E-state index contributed by atoms with van der Waals surface area (Å²) in [5, 5.41) is 0.658. The fourth-order valence-corrected chi connectivity index (χ4v) is 3.47. The number of anilines is 1. The standard InChI is InChI=1S/C23H18ClN3O2/c1-15(16-9-11-17(24)12-10-16)26-14-20-18-6-2-3-7-19(18)22(28)27(23(20)29)21-8-4-5-13-25-21/h2-15,20H,1H3/t15-,20?/m1/s1. The molecule has 4 rings (SSSR count). The van der Waals surface area contributed by atoms with E-state index in [1.54, 1.807) is 48.8 Å². The molecule has 0 aliphatic carbocycles. The molecule has 1 aliphatic rings. The lowest BCUT2D eigenvalue weighted by atomic mass is 9.89. The molecule has 1 aromatic heterocycles. The number of aromatic nitrogens is 1. The van der Waals surface area contributed by atoms with Crippen LogP contribution in [-0.2, 0) is 4.79 Å². The highest BCUT2D eigenvalue weighted by Crippen LogP contribution is 2.31. The Hall–Kier alpha value is -3.31. The molecular weight excluding hydrogens is 386 g/mol. The molecule has 1 aliphatic heterocycles. The van der Waals surface area contributed by atoms with E-state index in [4.69, 9.17) is 11.6 Å². The second-order valence-electron chi connectivity index (χ2n) is 6.76. The first-order valence-corrected chi connectivity index (χ1v) is 9.61. The molecule has 0 bridgehead atoms. The molecule has 0 spiro atoms. The third-order valence-corrected chi connectivity index (χ3v) is 5.16. The van der Waals surface area contributed by atoms with E-state index in [9.17, 15) is 9.59 Å². The summed E-state index contributed by atoms with van der Waals surface area (Å²) in [6.45, 7) is 1.95. The van der Waals surface area contributed by atoms with Crippen molar-refractivity contribution in [3.05, 3.63) is 94.6 Å². The number of nitrogens with zero attached hydrogens (tertiary/aromatic N) is 3. The van der Waals surface area contributed by atoms with E-state index >= 15 is 0 Å². The van der Waals surface area contributed by atoms with E-state index in [0.29, 0.717) is 22.0 Å². The van der Waals surface area contributed by atoms with Crippen LogP contribution in [0.15, 0.2) is 77.9 Å². The Morgan fingerprint density at radius 2 is 1.76 bits per heavy atom. The summed E-state index contributed by atoms with van der Waals surface area (Å²) in [5.74, 6) is -1.10. The lowest BCUT2D eigenvalue weighted by Gasteiger charge is -2.30. The molecular formula is C23H18ClN3O2. The van der Waals surface area contributed by atoms with Crippen molar-refractivity contribution in [3.8, 4) is 0 Å². The summed E-state index contributed by atoms with van der Waals surface area (Å²) < 4.78 is 0. The summed E-state index contributed by atoms with van der Waals surface area (Å²) in [5.41, 5.74) is 2.12. The SMILES string of the molecule is C[C@@H](N=CC1C(=O)N(c2ccccn2)C(=O)c2ccccc21)c1ccc(Cl)cc1. The number of carbonyl (C=O) groups excluding carboxylic acids is 2. The van der Waals surface area contributed by atoms with Gasteiger partial charge in [-0.15, -0.1) is 0 Å². The van der Waals surface area contributed by atoms with Gasteiger partial charge in [0.1, 0.15) is 5.82 Å². The molecule has 144 valence electrons. The first-order chi connectivity index (χ1) is 14.1. The predicted molar refractivity (Wildman–Crippen MR) is 114 cm³/mol. The maximum absolute atomic E-state index is 13.2. The van der Waals surface area contributed by atoms with Gasteiger partial charge in [0.05, 0.1) is 12.0 Å². The van der Waals surface area contributed by atoms with Gasteiger partial charge in [-0.05, 0) is 48.4 Å². The van der Waals surface area contributed by atoms with Crippen LogP contribution in [0.4, 0.5) is 5.82 Å². The van der Waals surface area contributed by atoms with Gasteiger partial charge in [0.15, 0.2) is 0 Å². The van der Waals surface area contributed by atoms with Crippen LogP contribution in [0, 0.1) is 0 Å². The highest BCUT2D eigenvalue weighted by molar-refractivity contribution is 6.30. The molecule has 0 fully saturated rings. The summed E-state index contributed by atoms with van der Waals surface area (Å²) in [4.78, 5) is 36.1. The summed E-state index contributed by atoms with van der Waals surface area (Å²) in [6, 6.07) is 19.5. The number of hydrogen-bond acceptors (Lipinski definition) is 4. The number of pyridine rings is 1. The summed E-state index contributed by atoms with van der Waals surface area (Å²) in [7, 11) is 0. The van der Waals surface area contributed by atoms with E-state index in [1.807, 2.05) is 37.3 Å². The Labute approximate surface area is 173 Å². The van der Waals surface area contributed by atoms with Gasteiger partial charge >= 0.3 is 0 Å². The highest BCUT2D eigenvalue weighted by atomic mass is 35.5. The number of amides is 2. The number of imide groups is 1. The minimum absolute atomic E-state index is 0.159. The molecule has 29 heavy (non-hydrogen) atoms. The number of benzene rings is 2. The number of hydrogen-bond donors (Lipinski definition) is 0. The van der Waals surface area contributed by atoms with Crippen molar-refractivity contribution in [1.29, 1.82) is 0 Å². The van der Waals surface area contributed by atoms with Crippen LogP contribution < -0.4 is 4.90 Å². The molecule has 0 N–H and O–H groups in total. The highest BCUT2D eigenvalue weighted by Gasteiger charge is 2.39. The lowest BCUT2D eigenvalue weighted by molar-refractivity contribution is -0.118. The van der Waals surface area contributed by atoms with Gasteiger partial charge in [0, 0.05) is 23.0 Å². The average molecular weight is 404 g/mol. The van der Waals surface area contributed by atoms with Crippen LogP contribution in [-0.4, -0.2) is 23.0 Å². The largest absolute Gasteiger partial charge is 0.289 e. The Kier molecular flexibility index (Phi) is 5.23. The first kappa shape index (κ1) is 19.0. The van der Waals surface area contributed by atoms with Crippen molar-refractivity contribution in [2.75, 3.05) is 4.90 Å². The number of carbonyl (C=O) groups is 2. The quantitative estimate of drug-likeness (QED) is 0.462. The van der Waals surface area contributed by atoms with Crippen molar-refractivity contribution < 1.29 is 9.59 Å². The maximum Gasteiger partial charge on any atom is 0.266 e. The van der Waals surface area contributed by atoms with Gasteiger partial charge in [0.25, 0.3) is 5.91 Å². The molecule has 0 saturated carbocycles. The van der Waals surface area contributed by atoms with Gasteiger partial charge in [-0.1, -0.05) is 48.0 Å². The fourth-order valence-electron chi connectivity index (χ4n) is 3.35. The van der Waals surface area contributed by atoms with Crippen LogP contribution >= 0.6 is 11.6 Å². The second kappa shape index (κ2) is 7.97. The molecule has 0 saturated heterocycles. The van der Waals surface area contributed by atoms with Crippen molar-refractivity contribution in [2.45, 2.75) is 18.9 Å². The zero-order chi connectivity index (χ0) is 20.4. The topological polar surface area (TPSA) is 62.6 Å². The molecule has 6 heteroatoms. The van der Waals surface area contributed by atoms with Gasteiger partial charge in [0.2, 0.25) is 5.91 Å².